The summed E-state index contributed by atoms with van der Waals surface area (Å²) in [5, 5.41) is 5.72. The lowest BCUT2D eigenvalue weighted by Crippen LogP contribution is -2.61. The van der Waals surface area contributed by atoms with Gasteiger partial charge in [-0.25, -0.2) is 9.59 Å². The largest absolute Gasteiger partial charge is 0.447 e. The van der Waals surface area contributed by atoms with Gasteiger partial charge in [-0.1, -0.05) is 45.3 Å². The first kappa shape index (κ1) is 32.7. The number of carbonyl (C=O) groups is 2. The third-order valence-electron chi connectivity index (χ3n) is 9.55. The minimum absolute atomic E-state index is 0.0572. The van der Waals surface area contributed by atoms with Gasteiger partial charge < -0.3 is 35.3 Å². The zero-order chi connectivity index (χ0) is 29.3. The fourth-order valence-corrected chi connectivity index (χ4v) is 6.76. The van der Waals surface area contributed by atoms with E-state index in [9.17, 15) is 9.59 Å². The van der Waals surface area contributed by atoms with E-state index >= 15 is 0 Å². The maximum absolute atomic E-state index is 13.1. The summed E-state index contributed by atoms with van der Waals surface area (Å²) < 4.78 is 23.7. The number of hydrogen-bond donors (Lipinski definition) is 3. The molecule has 0 aromatic heterocycles. The van der Waals surface area contributed by atoms with Crippen molar-refractivity contribution >= 4 is 12.2 Å². The molecule has 2 aliphatic carbocycles. The highest BCUT2D eigenvalue weighted by molar-refractivity contribution is 5.69. The SMILES string of the molecule is COC1C(OC(=O)N[C@@H](COC(=O)NCCCCCCN)C(C)C)CC[C@]2(CO2)C1C1(C)CC[C@@H]1CC=C(C)C. The summed E-state index contributed by atoms with van der Waals surface area (Å²) in [5.74, 6) is 0.796. The van der Waals surface area contributed by atoms with E-state index in [-0.39, 0.29) is 47.7 Å². The number of methoxy groups -OCH3 is 1. The van der Waals surface area contributed by atoms with Crippen LogP contribution in [0, 0.1) is 23.2 Å². The van der Waals surface area contributed by atoms with Crippen LogP contribution in [-0.2, 0) is 18.9 Å². The predicted octanol–water partition coefficient (Wildman–Crippen LogP) is 5.32. The van der Waals surface area contributed by atoms with Crippen molar-refractivity contribution in [2.45, 2.75) is 116 Å². The molecular formula is C31H55N3O6. The molecule has 3 fully saturated rings. The minimum atomic E-state index is -0.499. The van der Waals surface area contributed by atoms with Gasteiger partial charge in [0, 0.05) is 19.6 Å². The van der Waals surface area contributed by atoms with E-state index in [0.29, 0.717) is 25.4 Å². The Bertz CT molecular complexity index is 856. The van der Waals surface area contributed by atoms with Gasteiger partial charge in [0.1, 0.15) is 18.8 Å². The molecule has 1 aliphatic heterocycles. The first-order chi connectivity index (χ1) is 19.1. The lowest BCUT2D eigenvalue weighted by atomic mass is 9.48. The van der Waals surface area contributed by atoms with E-state index in [0.717, 1.165) is 51.6 Å². The van der Waals surface area contributed by atoms with E-state index in [1.807, 2.05) is 13.8 Å². The number of alkyl carbamates (subject to hydrolysis) is 2. The van der Waals surface area contributed by atoms with Gasteiger partial charge in [-0.2, -0.15) is 0 Å². The monoisotopic (exact) mass is 565 g/mol. The standard InChI is InChI=1S/C31H55N3O6/c1-21(2)11-12-23-13-15-30(23,5)27-26(37-6)25(14-16-31(27)20-39-31)40-29(36)34-24(22(3)4)19-38-28(35)33-18-10-8-7-9-17-32/h11,22-27H,7-10,12-20,32H2,1-6H3,(H,33,35)(H,34,36)/t23-,24-,25?,26?,27?,30?,31-/m0/s1. The van der Waals surface area contributed by atoms with Crippen LogP contribution in [0.15, 0.2) is 11.6 Å². The van der Waals surface area contributed by atoms with Crippen molar-refractivity contribution in [3.63, 3.8) is 0 Å². The highest BCUT2D eigenvalue weighted by Gasteiger charge is 2.67. The summed E-state index contributed by atoms with van der Waals surface area (Å²) in [7, 11) is 1.72. The number of carbonyl (C=O) groups excluding carboxylic acids is 2. The number of allylic oxidation sites excluding steroid dienone is 2. The quantitative estimate of drug-likeness (QED) is 0.139. The van der Waals surface area contributed by atoms with Crippen LogP contribution in [0.4, 0.5) is 9.59 Å². The molecular weight excluding hydrogens is 510 g/mol. The van der Waals surface area contributed by atoms with Crippen molar-refractivity contribution in [2.75, 3.05) is 33.4 Å². The van der Waals surface area contributed by atoms with Crippen LogP contribution in [0.3, 0.4) is 0 Å². The van der Waals surface area contributed by atoms with Crippen molar-refractivity contribution in [2.24, 2.45) is 28.9 Å². The maximum Gasteiger partial charge on any atom is 0.407 e. The first-order valence-corrected chi connectivity index (χ1v) is 15.4. The fourth-order valence-electron chi connectivity index (χ4n) is 6.76. The lowest BCUT2D eigenvalue weighted by Gasteiger charge is -2.58. The molecule has 3 rings (SSSR count). The van der Waals surface area contributed by atoms with Crippen molar-refractivity contribution in [3.05, 3.63) is 11.6 Å². The van der Waals surface area contributed by atoms with Gasteiger partial charge in [0.15, 0.2) is 0 Å². The Morgan fingerprint density at radius 3 is 2.40 bits per heavy atom. The van der Waals surface area contributed by atoms with Gasteiger partial charge in [-0.15, -0.1) is 0 Å². The summed E-state index contributed by atoms with van der Waals surface area (Å²) in [6.07, 6.45) is 9.71. The molecule has 0 bridgehead atoms. The van der Waals surface area contributed by atoms with E-state index in [1.165, 1.54) is 12.0 Å². The highest BCUT2D eigenvalue weighted by Crippen LogP contribution is 2.63. The molecule has 0 radical (unpaired) electrons. The Kier molecular flexibility index (Phi) is 12.1. The molecule has 7 atom stereocenters. The van der Waals surface area contributed by atoms with E-state index < -0.39 is 12.2 Å². The van der Waals surface area contributed by atoms with Crippen LogP contribution in [-0.4, -0.2) is 69.5 Å². The molecule has 2 amide bonds. The van der Waals surface area contributed by atoms with Gasteiger partial charge in [0.05, 0.1) is 18.2 Å². The maximum atomic E-state index is 13.1. The number of ether oxygens (including phenoxy) is 4. The second kappa shape index (κ2) is 14.9. The van der Waals surface area contributed by atoms with E-state index in [4.69, 9.17) is 24.7 Å². The van der Waals surface area contributed by atoms with E-state index in [2.05, 4.69) is 37.5 Å². The zero-order valence-electron chi connectivity index (χ0n) is 25.8. The average molecular weight is 566 g/mol. The predicted molar refractivity (Wildman–Crippen MR) is 156 cm³/mol. The number of hydrogen-bond acceptors (Lipinski definition) is 7. The average Bonchev–Trinajstić information content (AvgIpc) is 3.67. The van der Waals surface area contributed by atoms with Crippen LogP contribution >= 0.6 is 0 Å². The van der Waals surface area contributed by atoms with Crippen LogP contribution in [0.1, 0.15) is 92.4 Å². The smallest absolute Gasteiger partial charge is 0.407 e. The lowest BCUT2D eigenvalue weighted by molar-refractivity contribution is -0.171. The molecule has 40 heavy (non-hydrogen) atoms. The van der Waals surface area contributed by atoms with Gasteiger partial charge in [0.2, 0.25) is 0 Å². The van der Waals surface area contributed by atoms with Gasteiger partial charge in [-0.3, -0.25) is 0 Å². The van der Waals surface area contributed by atoms with Gasteiger partial charge in [-0.05, 0) is 82.6 Å². The number of nitrogens with two attached hydrogens (primary N) is 1. The molecule has 3 aliphatic rings. The molecule has 0 aromatic rings. The molecule has 1 heterocycles. The van der Waals surface area contributed by atoms with Crippen molar-refractivity contribution in [1.82, 2.24) is 10.6 Å². The summed E-state index contributed by atoms with van der Waals surface area (Å²) in [6.45, 7) is 12.7. The molecule has 2 saturated carbocycles. The fraction of sp³-hybridized carbons (Fsp3) is 0.871. The number of nitrogens with one attached hydrogen (secondary N) is 2. The van der Waals surface area contributed by atoms with Crippen molar-refractivity contribution < 1.29 is 28.5 Å². The molecule has 4 N–H and O–H groups in total. The van der Waals surface area contributed by atoms with Crippen LogP contribution in [0.2, 0.25) is 0 Å². The van der Waals surface area contributed by atoms with Gasteiger partial charge in [0.25, 0.3) is 0 Å². The molecule has 1 saturated heterocycles. The summed E-state index contributed by atoms with van der Waals surface area (Å²) in [4.78, 5) is 25.3. The number of unbranched alkanes of at least 4 members (excludes halogenated alkanes) is 3. The number of epoxide rings is 1. The Hall–Kier alpha value is -1.84. The normalized spacial score (nSPS) is 31.7. The van der Waals surface area contributed by atoms with Crippen LogP contribution in [0.5, 0.6) is 0 Å². The van der Waals surface area contributed by atoms with Crippen molar-refractivity contribution in [1.29, 1.82) is 0 Å². The molecule has 9 heteroatoms. The third-order valence-corrected chi connectivity index (χ3v) is 9.55. The summed E-state index contributed by atoms with van der Waals surface area (Å²) in [5.41, 5.74) is 6.77. The summed E-state index contributed by atoms with van der Waals surface area (Å²) in [6, 6.07) is -0.362. The number of rotatable bonds is 15. The second-order valence-corrected chi connectivity index (χ2v) is 13.0. The molecule has 9 nitrogen and oxygen atoms in total. The summed E-state index contributed by atoms with van der Waals surface area (Å²) >= 11 is 0. The Labute approximate surface area is 241 Å². The zero-order valence-corrected chi connectivity index (χ0v) is 25.8. The molecule has 1 spiro atoms. The Balaban J connectivity index is 1.54. The Morgan fingerprint density at radius 2 is 1.82 bits per heavy atom. The molecule has 230 valence electrons. The second-order valence-electron chi connectivity index (χ2n) is 13.0. The van der Waals surface area contributed by atoms with Gasteiger partial charge >= 0.3 is 12.2 Å². The number of amides is 2. The highest BCUT2D eigenvalue weighted by atomic mass is 16.6. The van der Waals surface area contributed by atoms with Crippen LogP contribution in [0.25, 0.3) is 0 Å². The first-order valence-electron chi connectivity index (χ1n) is 15.4. The molecule has 0 aromatic carbocycles. The minimum Gasteiger partial charge on any atom is -0.447 e. The third kappa shape index (κ3) is 8.35. The van der Waals surface area contributed by atoms with Crippen LogP contribution < -0.4 is 16.4 Å². The topological polar surface area (TPSA) is 124 Å². The molecule has 4 unspecified atom stereocenters. The van der Waals surface area contributed by atoms with E-state index in [1.54, 1.807) is 7.11 Å². The Morgan fingerprint density at radius 1 is 1.10 bits per heavy atom. The van der Waals surface area contributed by atoms with Crippen molar-refractivity contribution in [3.8, 4) is 0 Å².